The van der Waals surface area contributed by atoms with E-state index in [-0.39, 0.29) is 5.78 Å². The molecule has 82 valence electrons. The lowest BCUT2D eigenvalue weighted by atomic mass is 10.1. The molecule has 1 heterocycles. The first-order valence-corrected chi connectivity index (χ1v) is 5.04. The molecule has 2 N–H and O–H groups in total. The van der Waals surface area contributed by atoms with Gasteiger partial charge in [0, 0.05) is 11.3 Å². The Morgan fingerprint density at radius 3 is 2.50 bits per heavy atom. The monoisotopic (exact) mass is 215 g/mol. The van der Waals surface area contributed by atoms with Gasteiger partial charge in [-0.25, -0.2) is 0 Å². The van der Waals surface area contributed by atoms with Gasteiger partial charge in [-0.1, -0.05) is 0 Å². The summed E-state index contributed by atoms with van der Waals surface area (Å²) in [5.74, 6) is 0.940. The number of rotatable bonds is 2. The maximum Gasteiger partial charge on any atom is 0.228 e. The minimum absolute atomic E-state index is 0.136. The predicted molar refractivity (Wildman–Crippen MR) is 62.5 cm³/mol. The predicted octanol–water partition coefficient (Wildman–Crippen LogP) is 2.71. The second kappa shape index (κ2) is 3.85. The average molecular weight is 215 g/mol. The fourth-order valence-electron chi connectivity index (χ4n) is 1.64. The van der Waals surface area contributed by atoms with E-state index in [1.165, 1.54) is 0 Å². The summed E-state index contributed by atoms with van der Waals surface area (Å²) in [5, 5.41) is 0. The first kappa shape index (κ1) is 10.5. The number of anilines is 1. The lowest BCUT2D eigenvalue weighted by Crippen LogP contribution is -2.01. The van der Waals surface area contributed by atoms with Crippen molar-refractivity contribution in [3.05, 3.63) is 53.0 Å². The van der Waals surface area contributed by atoms with Gasteiger partial charge in [-0.2, -0.15) is 0 Å². The number of carbonyl (C=O) groups excluding carboxylic acids is 1. The molecule has 3 nitrogen and oxygen atoms in total. The third-order valence-electron chi connectivity index (χ3n) is 2.33. The summed E-state index contributed by atoms with van der Waals surface area (Å²) in [6.45, 7) is 3.71. The Balaban J connectivity index is 2.41. The average Bonchev–Trinajstić information content (AvgIpc) is 2.62. The van der Waals surface area contributed by atoms with Crippen molar-refractivity contribution in [1.82, 2.24) is 0 Å². The molecule has 3 heteroatoms. The summed E-state index contributed by atoms with van der Waals surface area (Å²) in [5.41, 5.74) is 7.81. The van der Waals surface area contributed by atoms with Crippen LogP contribution in [0.25, 0.3) is 0 Å². The van der Waals surface area contributed by atoms with E-state index in [4.69, 9.17) is 10.2 Å². The van der Waals surface area contributed by atoms with Gasteiger partial charge in [-0.05, 0) is 49.7 Å². The summed E-state index contributed by atoms with van der Waals surface area (Å²) in [4.78, 5) is 12.0. The van der Waals surface area contributed by atoms with Gasteiger partial charge in [0.2, 0.25) is 5.78 Å². The molecular formula is C13H13NO2. The SMILES string of the molecule is Cc1cc(N)cc(C(=O)c2ccc(C)o2)c1. The molecule has 0 fully saturated rings. The van der Waals surface area contributed by atoms with Crippen LogP contribution in [0.4, 0.5) is 5.69 Å². The van der Waals surface area contributed by atoms with Crippen LogP contribution in [0.2, 0.25) is 0 Å². The highest BCUT2D eigenvalue weighted by Gasteiger charge is 2.13. The highest BCUT2D eigenvalue weighted by atomic mass is 16.3. The zero-order valence-corrected chi connectivity index (χ0v) is 9.28. The van der Waals surface area contributed by atoms with Gasteiger partial charge in [0.15, 0.2) is 5.76 Å². The lowest BCUT2D eigenvalue weighted by Gasteiger charge is -2.02. The number of furan rings is 1. The van der Waals surface area contributed by atoms with E-state index >= 15 is 0 Å². The highest BCUT2D eigenvalue weighted by Crippen LogP contribution is 2.17. The van der Waals surface area contributed by atoms with E-state index in [0.717, 1.165) is 11.3 Å². The lowest BCUT2D eigenvalue weighted by molar-refractivity contribution is 0.101. The topological polar surface area (TPSA) is 56.2 Å². The molecular weight excluding hydrogens is 202 g/mol. The summed E-state index contributed by atoms with van der Waals surface area (Å²) in [6, 6.07) is 8.73. The first-order valence-electron chi connectivity index (χ1n) is 5.04. The van der Waals surface area contributed by atoms with Crippen LogP contribution in [-0.4, -0.2) is 5.78 Å². The Morgan fingerprint density at radius 1 is 1.19 bits per heavy atom. The van der Waals surface area contributed by atoms with Crippen LogP contribution in [0.5, 0.6) is 0 Å². The fourth-order valence-corrected chi connectivity index (χ4v) is 1.64. The van der Waals surface area contributed by atoms with Crippen LogP contribution >= 0.6 is 0 Å². The Labute approximate surface area is 93.9 Å². The number of hydrogen-bond donors (Lipinski definition) is 1. The van der Waals surface area contributed by atoms with Gasteiger partial charge >= 0.3 is 0 Å². The first-order chi connectivity index (χ1) is 7.56. The number of aryl methyl sites for hydroxylation is 2. The standard InChI is InChI=1S/C13H13NO2/c1-8-5-10(7-11(14)6-8)13(15)12-4-3-9(2)16-12/h3-7H,14H2,1-2H3. The van der Waals surface area contributed by atoms with Crippen molar-refractivity contribution >= 4 is 11.5 Å². The van der Waals surface area contributed by atoms with Crippen LogP contribution < -0.4 is 5.73 Å². The number of nitrogens with two attached hydrogens (primary N) is 1. The molecule has 0 saturated carbocycles. The number of hydrogen-bond acceptors (Lipinski definition) is 3. The van der Waals surface area contributed by atoms with Gasteiger partial charge in [0.25, 0.3) is 0 Å². The minimum atomic E-state index is -0.136. The van der Waals surface area contributed by atoms with Gasteiger partial charge in [-0.3, -0.25) is 4.79 Å². The number of benzene rings is 1. The van der Waals surface area contributed by atoms with Crippen molar-refractivity contribution in [3.63, 3.8) is 0 Å². The maximum absolute atomic E-state index is 12.0. The number of ketones is 1. The van der Waals surface area contributed by atoms with Gasteiger partial charge < -0.3 is 10.2 Å². The minimum Gasteiger partial charge on any atom is -0.458 e. The molecule has 0 amide bonds. The van der Waals surface area contributed by atoms with Crippen LogP contribution in [-0.2, 0) is 0 Å². The van der Waals surface area contributed by atoms with Crippen LogP contribution in [0, 0.1) is 13.8 Å². The van der Waals surface area contributed by atoms with Crippen molar-refractivity contribution in [2.24, 2.45) is 0 Å². The molecule has 0 spiro atoms. The summed E-state index contributed by atoms with van der Waals surface area (Å²) in [6.07, 6.45) is 0. The van der Waals surface area contributed by atoms with Crippen molar-refractivity contribution in [2.45, 2.75) is 13.8 Å². The normalized spacial score (nSPS) is 10.4. The molecule has 0 unspecified atom stereocenters. The van der Waals surface area contributed by atoms with Gasteiger partial charge in [0.05, 0.1) is 0 Å². The van der Waals surface area contributed by atoms with E-state index in [0.29, 0.717) is 17.0 Å². The van der Waals surface area contributed by atoms with Crippen molar-refractivity contribution in [3.8, 4) is 0 Å². The summed E-state index contributed by atoms with van der Waals surface area (Å²) < 4.78 is 5.29. The summed E-state index contributed by atoms with van der Waals surface area (Å²) in [7, 11) is 0. The molecule has 0 bridgehead atoms. The molecule has 2 aromatic rings. The van der Waals surface area contributed by atoms with Crippen molar-refractivity contribution in [2.75, 3.05) is 5.73 Å². The van der Waals surface area contributed by atoms with E-state index in [1.807, 2.05) is 13.0 Å². The Kier molecular flexibility index (Phi) is 2.52. The van der Waals surface area contributed by atoms with Gasteiger partial charge in [0.1, 0.15) is 5.76 Å². The van der Waals surface area contributed by atoms with Crippen LogP contribution in [0.3, 0.4) is 0 Å². The quantitative estimate of drug-likeness (QED) is 0.619. The smallest absolute Gasteiger partial charge is 0.228 e. The van der Waals surface area contributed by atoms with E-state index < -0.39 is 0 Å². The van der Waals surface area contributed by atoms with Crippen LogP contribution in [0.1, 0.15) is 27.4 Å². The second-order valence-corrected chi connectivity index (χ2v) is 3.87. The molecule has 0 aliphatic heterocycles. The third kappa shape index (κ3) is 1.98. The zero-order chi connectivity index (χ0) is 11.7. The van der Waals surface area contributed by atoms with E-state index in [9.17, 15) is 4.79 Å². The Bertz CT molecular complexity index is 520. The third-order valence-corrected chi connectivity index (χ3v) is 2.33. The largest absolute Gasteiger partial charge is 0.458 e. The zero-order valence-electron chi connectivity index (χ0n) is 9.28. The number of nitrogen functional groups attached to an aromatic ring is 1. The molecule has 1 aromatic carbocycles. The Morgan fingerprint density at radius 2 is 1.94 bits per heavy atom. The molecule has 1 aromatic heterocycles. The van der Waals surface area contributed by atoms with Gasteiger partial charge in [-0.15, -0.1) is 0 Å². The molecule has 0 aliphatic carbocycles. The maximum atomic E-state index is 12.0. The summed E-state index contributed by atoms with van der Waals surface area (Å²) >= 11 is 0. The highest BCUT2D eigenvalue weighted by molar-refractivity contribution is 6.07. The molecule has 16 heavy (non-hydrogen) atoms. The van der Waals surface area contributed by atoms with Crippen LogP contribution in [0.15, 0.2) is 34.7 Å². The Hall–Kier alpha value is -2.03. The molecule has 0 aliphatic rings. The molecule has 2 rings (SSSR count). The fraction of sp³-hybridized carbons (Fsp3) is 0.154. The van der Waals surface area contributed by atoms with Crippen molar-refractivity contribution < 1.29 is 9.21 Å². The number of carbonyl (C=O) groups is 1. The van der Waals surface area contributed by atoms with E-state index in [1.54, 1.807) is 31.2 Å². The molecule has 0 atom stereocenters. The molecule has 0 radical (unpaired) electrons. The van der Waals surface area contributed by atoms with Crippen molar-refractivity contribution in [1.29, 1.82) is 0 Å². The second-order valence-electron chi connectivity index (χ2n) is 3.87. The molecule has 0 saturated heterocycles. The van der Waals surface area contributed by atoms with E-state index in [2.05, 4.69) is 0 Å².